The maximum Gasteiger partial charge on any atom is 0.416 e. The van der Waals surface area contributed by atoms with E-state index in [1.807, 2.05) is 0 Å². The minimum atomic E-state index is -4.64. The molecule has 1 N–H and O–H groups in total. The topological polar surface area (TPSA) is 45.8 Å². The van der Waals surface area contributed by atoms with Crippen LogP contribution >= 0.6 is 0 Å². The fraction of sp³-hybridized carbons (Fsp3) is 0.0667. The standard InChI is InChI=1S/C15H8F4N2O/c16-11-7-8(15(17,18)19)5-6-9(11)13-20-12-4-2-1-3-10(12)14(22)21-13/h1-7H,(H,20,21,22). The SMILES string of the molecule is O=c1[nH]c(-c2ccc(C(F)(F)F)cc2F)nc2ccccc12. The normalized spacial score (nSPS) is 11.8. The van der Waals surface area contributed by atoms with Crippen molar-refractivity contribution in [1.82, 2.24) is 9.97 Å². The van der Waals surface area contributed by atoms with Crippen molar-refractivity contribution in [1.29, 1.82) is 0 Å². The molecule has 0 saturated heterocycles. The molecule has 0 fully saturated rings. The van der Waals surface area contributed by atoms with Crippen molar-refractivity contribution in [2.24, 2.45) is 0 Å². The molecule has 0 aliphatic heterocycles. The number of nitrogens with zero attached hydrogens (tertiary/aromatic N) is 1. The van der Waals surface area contributed by atoms with Crippen LogP contribution in [0.3, 0.4) is 0 Å². The average molecular weight is 308 g/mol. The maximum absolute atomic E-state index is 13.9. The number of nitrogens with one attached hydrogen (secondary N) is 1. The number of alkyl halides is 3. The lowest BCUT2D eigenvalue weighted by atomic mass is 10.1. The smallest absolute Gasteiger partial charge is 0.306 e. The molecule has 0 aliphatic rings. The number of benzene rings is 2. The average Bonchev–Trinajstić information content (AvgIpc) is 2.46. The molecule has 1 heterocycles. The van der Waals surface area contributed by atoms with Gasteiger partial charge in [-0.3, -0.25) is 4.79 Å². The van der Waals surface area contributed by atoms with Crippen LogP contribution in [0.5, 0.6) is 0 Å². The lowest BCUT2D eigenvalue weighted by Crippen LogP contribution is -2.10. The van der Waals surface area contributed by atoms with Crippen LogP contribution in [0.1, 0.15) is 5.56 Å². The van der Waals surface area contributed by atoms with Crippen LogP contribution in [0.15, 0.2) is 47.3 Å². The minimum Gasteiger partial charge on any atom is -0.306 e. The fourth-order valence-corrected chi connectivity index (χ4v) is 2.10. The Morgan fingerprint density at radius 1 is 1.05 bits per heavy atom. The lowest BCUT2D eigenvalue weighted by Gasteiger charge is -2.09. The van der Waals surface area contributed by atoms with Crippen molar-refractivity contribution in [3.05, 3.63) is 64.2 Å². The lowest BCUT2D eigenvalue weighted by molar-refractivity contribution is -0.137. The second kappa shape index (κ2) is 4.94. The number of aromatic nitrogens is 2. The second-order valence-corrected chi connectivity index (χ2v) is 4.62. The summed E-state index contributed by atoms with van der Waals surface area (Å²) in [4.78, 5) is 18.4. The third-order valence-corrected chi connectivity index (χ3v) is 3.16. The van der Waals surface area contributed by atoms with Gasteiger partial charge in [-0.15, -0.1) is 0 Å². The van der Waals surface area contributed by atoms with Gasteiger partial charge in [0.05, 0.1) is 22.0 Å². The highest BCUT2D eigenvalue weighted by molar-refractivity contribution is 5.79. The summed E-state index contributed by atoms with van der Waals surface area (Å²) >= 11 is 0. The highest BCUT2D eigenvalue weighted by atomic mass is 19.4. The summed E-state index contributed by atoms with van der Waals surface area (Å²) in [5.41, 5.74) is -1.45. The van der Waals surface area contributed by atoms with Gasteiger partial charge >= 0.3 is 6.18 Å². The van der Waals surface area contributed by atoms with Gasteiger partial charge in [0, 0.05) is 0 Å². The van der Waals surface area contributed by atoms with E-state index in [1.54, 1.807) is 24.3 Å². The van der Waals surface area contributed by atoms with Gasteiger partial charge < -0.3 is 4.98 Å². The summed E-state index contributed by atoms with van der Waals surface area (Å²) in [5, 5.41) is 0.318. The van der Waals surface area contributed by atoms with Crippen molar-refractivity contribution in [3.63, 3.8) is 0 Å². The molecule has 22 heavy (non-hydrogen) atoms. The van der Waals surface area contributed by atoms with Gasteiger partial charge in [0.25, 0.3) is 5.56 Å². The Bertz CT molecular complexity index is 915. The number of rotatable bonds is 1. The van der Waals surface area contributed by atoms with Crippen molar-refractivity contribution >= 4 is 10.9 Å². The van der Waals surface area contributed by atoms with Crippen molar-refractivity contribution in [2.75, 3.05) is 0 Å². The van der Waals surface area contributed by atoms with Crippen molar-refractivity contribution < 1.29 is 17.6 Å². The molecule has 3 rings (SSSR count). The fourth-order valence-electron chi connectivity index (χ4n) is 2.10. The molecule has 0 aliphatic carbocycles. The predicted molar refractivity (Wildman–Crippen MR) is 72.8 cm³/mol. The molecule has 112 valence electrons. The Kier molecular flexibility index (Phi) is 3.20. The third-order valence-electron chi connectivity index (χ3n) is 3.16. The molecule has 0 saturated carbocycles. The van der Waals surface area contributed by atoms with Crippen LogP contribution in [-0.2, 0) is 6.18 Å². The zero-order chi connectivity index (χ0) is 15.9. The molecule has 1 aromatic heterocycles. The van der Waals surface area contributed by atoms with E-state index in [-0.39, 0.29) is 11.4 Å². The van der Waals surface area contributed by atoms with Crippen LogP contribution < -0.4 is 5.56 Å². The quantitative estimate of drug-likeness (QED) is 0.696. The molecule has 3 nitrogen and oxygen atoms in total. The van der Waals surface area contributed by atoms with Gasteiger partial charge in [-0.25, -0.2) is 9.37 Å². The van der Waals surface area contributed by atoms with E-state index in [4.69, 9.17) is 0 Å². The second-order valence-electron chi connectivity index (χ2n) is 4.62. The van der Waals surface area contributed by atoms with Crippen molar-refractivity contribution in [2.45, 2.75) is 6.18 Å². The van der Waals surface area contributed by atoms with Crippen LogP contribution in [0, 0.1) is 5.82 Å². The maximum atomic E-state index is 13.9. The van der Waals surface area contributed by atoms with E-state index in [2.05, 4.69) is 9.97 Å². The summed E-state index contributed by atoms with van der Waals surface area (Å²) in [6.45, 7) is 0. The molecule has 7 heteroatoms. The Labute approximate surface area is 121 Å². The first kappa shape index (κ1) is 14.2. The van der Waals surface area contributed by atoms with E-state index < -0.39 is 23.1 Å². The first-order chi connectivity index (χ1) is 10.4. The Balaban J connectivity index is 2.18. The van der Waals surface area contributed by atoms with E-state index in [9.17, 15) is 22.4 Å². The first-order valence-electron chi connectivity index (χ1n) is 6.22. The van der Waals surface area contributed by atoms with E-state index in [0.717, 1.165) is 12.1 Å². The number of aromatic amines is 1. The molecule has 0 amide bonds. The number of fused-ring (bicyclic) bond motifs is 1. The molecule has 0 atom stereocenters. The monoisotopic (exact) mass is 308 g/mol. The molecule has 0 unspecified atom stereocenters. The Hall–Kier alpha value is -2.70. The number of hydrogen-bond donors (Lipinski definition) is 1. The Morgan fingerprint density at radius 3 is 2.45 bits per heavy atom. The van der Waals surface area contributed by atoms with Crippen LogP contribution in [0.2, 0.25) is 0 Å². The van der Waals surface area contributed by atoms with E-state index in [0.29, 0.717) is 17.0 Å². The van der Waals surface area contributed by atoms with Crippen LogP contribution in [-0.4, -0.2) is 9.97 Å². The highest BCUT2D eigenvalue weighted by Gasteiger charge is 2.31. The zero-order valence-electron chi connectivity index (χ0n) is 10.9. The molecule has 0 radical (unpaired) electrons. The number of para-hydroxylation sites is 1. The van der Waals surface area contributed by atoms with Gasteiger partial charge in [0.2, 0.25) is 0 Å². The van der Waals surface area contributed by atoms with Gasteiger partial charge in [0.15, 0.2) is 0 Å². The van der Waals surface area contributed by atoms with Gasteiger partial charge in [-0.2, -0.15) is 13.2 Å². The molecule has 3 aromatic rings. The van der Waals surface area contributed by atoms with Gasteiger partial charge in [-0.05, 0) is 30.3 Å². The largest absolute Gasteiger partial charge is 0.416 e. The molecule has 0 bridgehead atoms. The first-order valence-corrected chi connectivity index (χ1v) is 6.22. The highest BCUT2D eigenvalue weighted by Crippen LogP contribution is 2.32. The summed E-state index contributed by atoms with van der Waals surface area (Å²) < 4.78 is 51.5. The molecule has 2 aromatic carbocycles. The van der Waals surface area contributed by atoms with Crippen molar-refractivity contribution in [3.8, 4) is 11.4 Å². The van der Waals surface area contributed by atoms with Crippen LogP contribution in [0.4, 0.5) is 17.6 Å². The number of hydrogen-bond acceptors (Lipinski definition) is 2. The van der Waals surface area contributed by atoms with E-state index in [1.165, 1.54) is 0 Å². The number of H-pyrrole nitrogens is 1. The van der Waals surface area contributed by atoms with Gasteiger partial charge in [-0.1, -0.05) is 12.1 Å². The summed E-state index contributed by atoms with van der Waals surface area (Å²) in [5.74, 6) is -1.22. The third kappa shape index (κ3) is 2.45. The molecule has 0 spiro atoms. The van der Waals surface area contributed by atoms with E-state index >= 15 is 0 Å². The summed E-state index contributed by atoms with van der Waals surface area (Å²) in [6.07, 6.45) is -4.64. The van der Waals surface area contributed by atoms with Gasteiger partial charge in [0.1, 0.15) is 11.6 Å². The minimum absolute atomic E-state index is 0.116. The predicted octanol–water partition coefficient (Wildman–Crippen LogP) is 3.75. The molecular formula is C15H8F4N2O. The zero-order valence-corrected chi connectivity index (χ0v) is 10.9. The summed E-state index contributed by atoms with van der Waals surface area (Å²) in [7, 11) is 0. The summed E-state index contributed by atoms with van der Waals surface area (Å²) in [6, 6.07) is 8.49. The number of halogens is 4. The Morgan fingerprint density at radius 2 is 1.77 bits per heavy atom. The molecular weight excluding hydrogens is 300 g/mol. The van der Waals surface area contributed by atoms with Crippen LogP contribution in [0.25, 0.3) is 22.3 Å².